The van der Waals surface area contributed by atoms with Crippen molar-refractivity contribution in [3.63, 3.8) is 0 Å². The highest BCUT2D eigenvalue weighted by molar-refractivity contribution is 14.0. The highest BCUT2D eigenvalue weighted by Crippen LogP contribution is 2.30. The molecule has 1 aromatic carbocycles. The number of hydrogen-bond acceptors (Lipinski definition) is 4. The number of aliphatic imine (C=N–C) groups is 1. The normalized spacial score (nSPS) is 11.6. The molecule has 2 heterocycles. The number of furan rings is 1. The molecule has 5 nitrogen and oxygen atoms in total. The highest BCUT2D eigenvalue weighted by atomic mass is 127. The van der Waals surface area contributed by atoms with Gasteiger partial charge in [-0.1, -0.05) is 12.1 Å². The number of rotatable bonds is 4. The number of benzene rings is 1. The van der Waals surface area contributed by atoms with Gasteiger partial charge in [0.25, 0.3) is 0 Å². The van der Waals surface area contributed by atoms with E-state index in [-0.39, 0.29) is 24.0 Å². The second-order valence-corrected chi connectivity index (χ2v) is 6.51. The van der Waals surface area contributed by atoms with Crippen LogP contribution >= 0.6 is 35.3 Å². The first-order valence-electron chi connectivity index (χ1n) is 7.57. The second kappa shape index (κ2) is 8.48. The number of nitrogens with one attached hydrogen (secondary N) is 2. The van der Waals surface area contributed by atoms with Crippen molar-refractivity contribution in [2.45, 2.75) is 26.4 Å². The number of guanidine groups is 1. The van der Waals surface area contributed by atoms with Crippen molar-refractivity contribution in [3.05, 3.63) is 42.2 Å². The van der Waals surface area contributed by atoms with Crippen LogP contribution in [0, 0.1) is 0 Å². The zero-order valence-electron chi connectivity index (χ0n) is 13.9. The lowest BCUT2D eigenvalue weighted by molar-refractivity contribution is 0.512. The minimum Gasteiger partial charge on any atom is -0.457 e. The monoisotopic (exact) mass is 456 g/mol. The van der Waals surface area contributed by atoms with Crippen LogP contribution in [-0.2, 0) is 6.54 Å². The van der Waals surface area contributed by atoms with Crippen LogP contribution in [0.3, 0.4) is 0 Å². The SMILES string of the molecule is CN=C(NCc1ccc(-c2nc3ccccc3s2)o1)NC(C)C.I. The van der Waals surface area contributed by atoms with Crippen molar-refractivity contribution >= 4 is 51.5 Å². The van der Waals surface area contributed by atoms with Crippen molar-refractivity contribution in [1.29, 1.82) is 0 Å². The zero-order chi connectivity index (χ0) is 16.2. The number of halogens is 1. The number of para-hydroxylation sites is 1. The molecule has 24 heavy (non-hydrogen) atoms. The van der Waals surface area contributed by atoms with Gasteiger partial charge in [-0.05, 0) is 38.1 Å². The fraction of sp³-hybridized carbons (Fsp3) is 0.294. The van der Waals surface area contributed by atoms with E-state index in [1.54, 1.807) is 18.4 Å². The first-order valence-corrected chi connectivity index (χ1v) is 8.39. The Kier molecular flexibility index (Phi) is 6.61. The molecule has 0 saturated heterocycles. The Labute approximate surface area is 162 Å². The van der Waals surface area contributed by atoms with Crippen LogP contribution in [0.2, 0.25) is 0 Å². The van der Waals surface area contributed by atoms with Crippen LogP contribution in [0.4, 0.5) is 0 Å². The zero-order valence-corrected chi connectivity index (χ0v) is 17.0. The van der Waals surface area contributed by atoms with Crippen molar-refractivity contribution in [3.8, 4) is 10.8 Å². The van der Waals surface area contributed by atoms with Gasteiger partial charge in [-0.3, -0.25) is 4.99 Å². The van der Waals surface area contributed by atoms with E-state index >= 15 is 0 Å². The molecule has 128 valence electrons. The van der Waals surface area contributed by atoms with E-state index in [0.29, 0.717) is 12.6 Å². The maximum absolute atomic E-state index is 5.90. The summed E-state index contributed by atoms with van der Waals surface area (Å²) < 4.78 is 7.07. The predicted octanol–water partition coefficient (Wildman–Crippen LogP) is 4.25. The van der Waals surface area contributed by atoms with Gasteiger partial charge in [0, 0.05) is 13.1 Å². The summed E-state index contributed by atoms with van der Waals surface area (Å²) in [6.45, 7) is 4.73. The molecular formula is C17H21IN4OS. The Morgan fingerprint density at radius 2 is 2.04 bits per heavy atom. The van der Waals surface area contributed by atoms with E-state index in [4.69, 9.17) is 4.42 Å². The van der Waals surface area contributed by atoms with Gasteiger partial charge in [0.2, 0.25) is 0 Å². The minimum absolute atomic E-state index is 0. The average Bonchev–Trinajstić information content (AvgIpc) is 3.17. The van der Waals surface area contributed by atoms with Crippen molar-refractivity contribution in [1.82, 2.24) is 15.6 Å². The minimum atomic E-state index is 0. The molecule has 0 unspecified atom stereocenters. The fourth-order valence-electron chi connectivity index (χ4n) is 2.20. The van der Waals surface area contributed by atoms with E-state index in [0.717, 1.165) is 28.0 Å². The van der Waals surface area contributed by atoms with Crippen LogP contribution in [0.1, 0.15) is 19.6 Å². The Balaban J connectivity index is 0.00000208. The quantitative estimate of drug-likeness (QED) is 0.350. The summed E-state index contributed by atoms with van der Waals surface area (Å²) in [5.41, 5.74) is 1.00. The molecule has 0 aliphatic heterocycles. The average molecular weight is 456 g/mol. The lowest BCUT2D eigenvalue weighted by atomic mass is 10.3. The van der Waals surface area contributed by atoms with Gasteiger partial charge in [0.15, 0.2) is 16.7 Å². The Hall–Kier alpha value is -1.61. The van der Waals surface area contributed by atoms with E-state index in [1.165, 1.54) is 4.70 Å². The molecule has 0 aliphatic carbocycles. The first-order chi connectivity index (χ1) is 11.2. The molecule has 2 aromatic heterocycles. The molecule has 0 fully saturated rings. The predicted molar refractivity (Wildman–Crippen MR) is 111 cm³/mol. The molecular weight excluding hydrogens is 435 g/mol. The molecule has 3 aromatic rings. The molecule has 0 spiro atoms. The molecule has 0 saturated carbocycles. The van der Waals surface area contributed by atoms with Crippen LogP contribution < -0.4 is 10.6 Å². The van der Waals surface area contributed by atoms with Crippen LogP contribution in [0.15, 0.2) is 45.8 Å². The fourth-order valence-corrected chi connectivity index (χ4v) is 3.13. The number of fused-ring (bicyclic) bond motifs is 1. The number of aromatic nitrogens is 1. The number of thiazole rings is 1. The summed E-state index contributed by atoms with van der Waals surface area (Å²) >= 11 is 1.64. The molecule has 3 rings (SSSR count). The van der Waals surface area contributed by atoms with E-state index in [2.05, 4.69) is 40.5 Å². The summed E-state index contributed by atoms with van der Waals surface area (Å²) in [6, 6.07) is 12.4. The first kappa shape index (κ1) is 18.7. The summed E-state index contributed by atoms with van der Waals surface area (Å²) in [5.74, 6) is 2.42. The van der Waals surface area contributed by atoms with Gasteiger partial charge in [-0.25, -0.2) is 4.98 Å². The smallest absolute Gasteiger partial charge is 0.191 e. The topological polar surface area (TPSA) is 62.5 Å². The molecule has 2 N–H and O–H groups in total. The summed E-state index contributed by atoms with van der Waals surface area (Å²) in [7, 11) is 1.76. The molecule has 0 bridgehead atoms. The maximum Gasteiger partial charge on any atom is 0.191 e. The van der Waals surface area contributed by atoms with Gasteiger partial charge >= 0.3 is 0 Å². The van der Waals surface area contributed by atoms with Crippen molar-refractivity contribution in [2.75, 3.05) is 7.05 Å². The van der Waals surface area contributed by atoms with E-state index in [1.807, 2.05) is 30.3 Å². The lowest BCUT2D eigenvalue weighted by Crippen LogP contribution is -2.40. The number of hydrogen-bond donors (Lipinski definition) is 2. The summed E-state index contributed by atoms with van der Waals surface area (Å²) in [4.78, 5) is 8.79. The standard InChI is InChI=1S/C17H20N4OS.HI/c1-11(2)20-17(18-3)19-10-12-8-9-14(22-12)16-21-13-6-4-5-7-15(13)23-16;/h4-9,11H,10H2,1-3H3,(H2,18,19,20);1H. The van der Waals surface area contributed by atoms with Crippen LogP contribution in [0.5, 0.6) is 0 Å². The second-order valence-electron chi connectivity index (χ2n) is 5.48. The third-order valence-corrected chi connectivity index (χ3v) is 4.30. The largest absolute Gasteiger partial charge is 0.457 e. The molecule has 0 amide bonds. The van der Waals surface area contributed by atoms with Gasteiger partial charge < -0.3 is 15.1 Å². The summed E-state index contributed by atoms with van der Waals surface area (Å²) in [6.07, 6.45) is 0. The van der Waals surface area contributed by atoms with Crippen LogP contribution in [-0.4, -0.2) is 24.0 Å². The molecule has 0 radical (unpaired) electrons. The van der Waals surface area contributed by atoms with Crippen LogP contribution in [0.25, 0.3) is 21.0 Å². The van der Waals surface area contributed by atoms with E-state index < -0.39 is 0 Å². The van der Waals surface area contributed by atoms with Gasteiger partial charge in [-0.2, -0.15) is 0 Å². The number of nitrogens with zero attached hydrogens (tertiary/aromatic N) is 2. The maximum atomic E-state index is 5.90. The molecule has 0 aliphatic rings. The van der Waals surface area contributed by atoms with Crippen molar-refractivity contribution < 1.29 is 4.42 Å². The lowest BCUT2D eigenvalue weighted by Gasteiger charge is -2.13. The third-order valence-electron chi connectivity index (χ3n) is 3.25. The highest BCUT2D eigenvalue weighted by Gasteiger charge is 2.10. The molecule has 7 heteroatoms. The van der Waals surface area contributed by atoms with Crippen molar-refractivity contribution in [2.24, 2.45) is 4.99 Å². The Morgan fingerprint density at radius 1 is 1.25 bits per heavy atom. The van der Waals surface area contributed by atoms with Gasteiger partial charge in [-0.15, -0.1) is 35.3 Å². The Morgan fingerprint density at radius 3 is 2.75 bits per heavy atom. The van der Waals surface area contributed by atoms with Gasteiger partial charge in [0.1, 0.15) is 5.76 Å². The third kappa shape index (κ3) is 4.47. The molecule has 0 atom stereocenters. The summed E-state index contributed by atoms with van der Waals surface area (Å²) in [5, 5.41) is 7.38. The Bertz CT molecular complexity index is 792. The van der Waals surface area contributed by atoms with E-state index in [9.17, 15) is 0 Å². The van der Waals surface area contributed by atoms with Gasteiger partial charge in [0.05, 0.1) is 16.8 Å².